The maximum Gasteiger partial charge on any atom is 0.138 e. The monoisotopic (exact) mass is 275 g/mol. The molecule has 0 aliphatic carbocycles. The van der Waals surface area contributed by atoms with Crippen LogP contribution in [0.2, 0.25) is 5.15 Å². The summed E-state index contributed by atoms with van der Waals surface area (Å²) in [5.74, 6) is 0.726. The Morgan fingerprint density at radius 3 is 2.26 bits per heavy atom. The predicted octanol–water partition coefficient (Wildman–Crippen LogP) is 4.61. The van der Waals surface area contributed by atoms with E-state index in [-0.39, 0.29) is 5.41 Å². The summed E-state index contributed by atoms with van der Waals surface area (Å²) in [6.07, 6.45) is 1.63. The summed E-state index contributed by atoms with van der Waals surface area (Å²) in [6, 6.07) is 12.0. The molecule has 0 amide bonds. The second-order valence-electron chi connectivity index (χ2n) is 5.55. The fourth-order valence-corrected chi connectivity index (χ4v) is 1.83. The van der Waals surface area contributed by atoms with Crippen molar-refractivity contribution in [3.8, 4) is 5.75 Å². The topological polar surface area (TPSA) is 22.1 Å². The summed E-state index contributed by atoms with van der Waals surface area (Å²) in [7, 11) is 0. The number of hydrogen-bond donors (Lipinski definition) is 0. The van der Waals surface area contributed by atoms with Gasteiger partial charge in [0.05, 0.1) is 6.20 Å². The molecule has 0 N–H and O–H groups in total. The van der Waals surface area contributed by atoms with Gasteiger partial charge in [0, 0.05) is 0 Å². The van der Waals surface area contributed by atoms with E-state index in [1.165, 1.54) is 5.56 Å². The van der Waals surface area contributed by atoms with E-state index in [0.29, 0.717) is 11.8 Å². The molecule has 1 heterocycles. The van der Waals surface area contributed by atoms with E-state index < -0.39 is 0 Å². The Morgan fingerprint density at radius 2 is 1.74 bits per heavy atom. The minimum Gasteiger partial charge on any atom is -0.487 e. The lowest BCUT2D eigenvalue weighted by Gasteiger charge is -2.19. The highest BCUT2D eigenvalue weighted by molar-refractivity contribution is 6.29. The molecule has 0 atom stereocenters. The molecule has 0 saturated heterocycles. The van der Waals surface area contributed by atoms with Crippen molar-refractivity contribution in [1.29, 1.82) is 0 Å². The maximum atomic E-state index is 5.72. The number of halogens is 1. The van der Waals surface area contributed by atoms with E-state index in [9.17, 15) is 0 Å². The minimum atomic E-state index is 0.180. The van der Waals surface area contributed by atoms with E-state index in [0.717, 1.165) is 11.3 Å². The Morgan fingerprint density at radius 1 is 1.05 bits per heavy atom. The van der Waals surface area contributed by atoms with Crippen LogP contribution in [-0.4, -0.2) is 4.98 Å². The Balaban J connectivity index is 1.98. The molecule has 3 heteroatoms. The summed E-state index contributed by atoms with van der Waals surface area (Å²) in [5.41, 5.74) is 2.65. The molecule has 19 heavy (non-hydrogen) atoms. The first-order chi connectivity index (χ1) is 8.95. The van der Waals surface area contributed by atoms with Crippen molar-refractivity contribution >= 4 is 11.6 Å². The van der Waals surface area contributed by atoms with Gasteiger partial charge in [0.2, 0.25) is 0 Å². The Kier molecular flexibility index (Phi) is 4.11. The SMILES string of the molecule is CC(C)(C)c1ccc(COc2ccc(Cl)nc2)cc1. The van der Waals surface area contributed by atoms with Crippen LogP contribution in [0.25, 0.3) is 0 Å². The van der Waals surface area contributed by atoms with Gasteiger partial charge in [-0.2, -0.15) is 0 Å². The summed E-state index contributed by atoms with van der Waals surface area (Å²) in [4.78, 5) is 3.98. The summed E-state index contributed by atoms with van der Waals surface area (Å²) in [5, 5.41) is 0.474. The van der Waals surface area contributed by atoms with Crippen LogP contribution in [0, 0.1) is 0 Å². The number of ether oxygens (including phenoxy) is 1. The molecule has 0 fully saturated rings. The second-order valence-corrected chi connectivity index (χ2v) is 5.94. The molecule has 0 unspecified atom stereocenters. The minimum absolute atomic E-state index is 0.180. The lowest BCUT2D eigenvalue weighted by atomic mass is 9.87. The molecule has 0 aliphatic heterocycles. The van der Waals surface area contributed by atoms with Crippen LogP contribution in [0.4, 0.5) is 0 Å². The third kappa shape index (κ3) is 3.97. The van der Waals surface area contributed by atoms with Crippen molar-refractivity contribution in [2.75, 3.05) is 0 Å². The molecule has 0 radical (unpaired) electrons. The molecule has 1 aromatic carbocycles. The molecule has 0 bridgehead atoms. The quantitative estimate of drug-likeness (QED) is 0.763. The Labute approximate surface area is 119 Å². The molecule has 0 aliphatic rings. The summed E-state index contributed by atoms with van der Waals surface area (Å²) in [6.45, 7) is 7.15. The van der Waals surface area contributed by atoms with Crippen LogP contribution in [0.15, 0.2) is 42.6 Å². The molecular formula is C16H18ClNO. The molecule has 2 rings (SSSR count). The number of benzene rings is 1. The molecule has 100 valence electrons. The van der Waals surface area contributed by atoms with Gasteiger partial charge in [0.25, 0.3) is 0 Å². The molecule has 0 spiro atoms. The number of pyridine rings is 1. The van der Waals surface area contributed by atoms with Crippen molar-refractivity contribution in [3.63, 3.8) is 0 Å². The van der Waals surface area contributed by atoms with Crippen molar-refractivity contribution in [2.45, 2.75) is 32.8 Å². The highest BCUT2D eigenvalue weighted by Gasteiger charge is 2.12. The molecule has 2 nitrogen and oxygen atoms in total. The van der Waals surface area contributed by atoms with Gasteiger partial charge in [-0.15, -0.1) is 0 Å². The Bertz CT molecular complexity index is 526. The number of aromatic nitrogens is 1. The first-order valence-electron chi connectivity index (χ1n) is 6.29. The van der Waals surface area contributed by atoms with E-state index >= 15 is 0 Å². The highest BCUT2D eigenvalue weighted by Crippen LogP contribution is 2.22. The average Bonchev–Trinajstić information content (AvgIpc) is 2.37. The van der Waals surface area contributed by atoms with E-state index in [1.807, 2.05) is 6.07 Å². The van der Waals surface area contributed by atoms with Gasteiger partial charge in [0.1, 0.15) is 17.5 Å². The van der Waals surface area contributed by atoms with Crippen molar-refractivity contribution in [2.24, 2.45) is 0 Å². The average molecular weight is 276 g/mol. The fourth-order valence-electron chi connectivity index (χ4n) is 1.72. The number of rotatable bonds is 3. The van der Waals surface area contributed by atoms with Gasteiger partial charge in [0.15, 0.2) is 0 Å². The molecule has 1 aromatic heterocycles. The standard InChI is InChI=1S/C16H18ClNO/c1-16(2,3)13-6-4-12(5-7-13)11-19-14-8-9-15(17)18-10-14/h4-10H,11H2,1-3H3. The zero-order valence-electron chi connectivity index (χ0n) is 11.5. The third-order valence-corrected chi connectivity index (χ3v) is 3.15. The second kappa shape index (κ2) is 5.62. The van der Waals surface area contributed by atoms with Crippen molar-refractivity contribution in [3.05, 3.63) is 58.9 Å². The van der Waals surface area contributed by atoms with E-state index in [1.54, 1.807) is 12.3 Å². The highest BCUT2D eigenvalue weighted by atomic mass is 35.5. The maximum absolute atomic E-state index is 5.72. The fraction of sp³-hybridized carbons (Fsp3) is 0.312. The Hall–Kier alpha value is -1.54. The normalized spacial score (nSPS) is 11.4. The van der Waals surface area contributed by atoms with E-state index in [4.69, 9.17) is 16.3 Å². The number of hydrogen-bond acceptors (Lipinski definition) is 2. The van der Waals surface area contributed by atoms with Crippen LogP contribution < -0.4 is 4.74 Å². The number of nitrogens with zero attached hydrogens (tertiary/aromatic N) is 1. The van der Waals surface area contributed by atoms with Gasteiger partial charge >= 0.3 is 0 Å². The first-order valence-corrected chi connectivity index (χ1v) is 6.67. The van der Waals surface area contributed by atoms with Gasteiger partial charge in [-0.05, 0) is 28.7 Å². The van der Waals surface area contributed by atoms with Crippen molar-refractivity contribution < 1.29 is 4.74 Å². The van der Waals surface area contributed by atoms with Crippen LogP contribution >= 0.6 is 11.6 Å². The van der Waals surface area contributed by atoms with Crippen LogP contribution in [0.3, 0.4) is 0 Å². The zero-order valence-corrected chi connectivity index (χ0v) is 12.2. The smallest absolute Gasteiger partial charge is 0.138 e. The summed E-state index contributed by atoms with van der Waals surface area (Å²) < 4.78 is 5.65. The lowest BCUT2D eigenvalue weighted by molar-refractivity contribution is 0.305. The zero-order chi connectivity index (χ0) is 13.9. The lowest BCUT2D eigenvalue weighted by Crippen LogP contribution is -2.10. The largest absolute Gasteiger partial charge is 0.487 e. The van der Waals surface area contributed by atoms with E-state index in [2.05, 4.69) is 50.0 Å². The van der Waals surface area contributed by atoms with Gasteiger partial charge in [-0.1, -0.05) is 56.6 Å². The van der Waals surface area contributed by atoms with Gasteiger partial charge < -0.3 is 4.74 Å². The van der Waals surface area contributed by atoms with Crippen LogP contribution in [0.5, 0.6) is 5.75 Å². The van der Waals surface area contributed by atoms with Crippen LogP contribution in [0.1, 0.15) is 31.9 Å². The molecule has 2 aromatic rings. The third-order valence-electron chi connectivity index (χ3n) is 2.93. The summed E-state index contributed by atoms with van der Waals surface area (Å²) >= 11 is 5.72. The van der Waals surface area contributed by atoms with Gasteiger partial charge in [-0.3, -0.25) is 0 Å². The first kappa shape index (κ1) is 13.9. The molecule has 0 saturated carbocycles. The molecular weight excluding hydrogens is 258 g/mol. The van der Waals surface area contributed by atoms with Crippen LogP contribution in [-0.2, 0) is 12.0 Å². The predicted molar refractivity (Wildman–Crippen MR) is 78.7 cm³/mol. The van der Waals surface area contributed by atoms with Crippen molar-refractivity contribution in [1.82, 2.24) is 4.98 Å². The van der Waals surface area contributed by atoms with Gasteiger partial charge in [-0.25, -0.2) is 4.98 Å².